The fourth-order valence-electron chi connectivity index (χ4n) is 0.939. The molecule has 5 heteroatoms. The molecule has 0 aromatic rings. The van der Waals surface area contributed by atoms with Crippen molar-refractivity contribution in [3.63, 3.8) is 0 Å². The SMILES string of the molecule is CC(C)SCC(=O)N(C)CC(C)C(=O)O. The van der Waals surface area contributed by atoms with Gasteiger partial charge in [-0.3, -0.25) is 9.59 Å². The van der Waals surface area contributed by atoms with E-state index in [1.807, 2.05) is 13.8 Å². The molecule has 0 radical (unpaired) electrons. The van der Waals surface area contributed by atoms with E-state index in [2.05, 4.69) is 0 Å². The Balaban J connectivity index is 3.93. The first kappa shape index (κ1) is 14.3. The molecule has 1 amide bonds. The van der Waals surface area contributed by atoms with Crippen molar-refractivity contribution in [3.8, 4) is 0 Å². The summed E-state index contributed by atoms with van der Waals surface area (Å²) in [6.45, 7) is 5.92. The van der Waals surface area contributed by atoms with Crippen molar-refractivity contribution in [3.05, 3.63) is 0 Å². The molecule has 1 N–H and O–H groups in total. The highest BCUT2D eigenvalue weighted by atomic mass is 32.2. The van der Waals surface area contributed by atoms with E-state index in [1.165, 1.54) is 4.90 Å². The first-order chi connectivity index (χ1) is 6.84. The molecule has 0 spiro atoms. The van der Waals surface area contributed by atoms with Crippen LogP contribution in [0.25, 0.3) is 0 Å². The molecule has 15 heavy (non-hydrogen) atoms. The van der Waals surface area contributed by atoms with Gasteiger partial charge in [-0.1, -0.05) is 20.8 Å². The number of rotatable bonds is 6. The third-order valence-electron chi connectivity index (χ3n) is 1.94. The largest absolute Gasteiger partial charge is 0.481 e. The number of carboxylic acids is 1. The quantitative estimate of drug-likeness (QED) is 0.751. The first-order valence-corrected chi connectivity index (χ1v) is 5.97. The van der Waals surface area contributed by atoms with E-state index in [4.69, 9.17) is 5.11 Å². The molecule has 0 aliphatic carbocycles. The van der Waals surface area contributed by atoms with Gasteiger partial charge in [0.05, 0.1) is 11.7 Å². The number of carboxylic acid groups (broad SMARTS) is 1. The van der Waals surface area contributed by atoms with E-state index in [1.54, 1.807) is 25.7 Å². The van der Waals surface area contributed by atoms with E-state index in [9.17, 15) is 9.59 Å². The standard InChI is InChI=1S/C10H19NO3S/c1-7(2)15-6-9(12)11(4)5-8(3)10(13)14/h7-8H,5-6H2,1-4H3,(H,13,14). The van der Waals surface area contributed by atoms with Crippen molar-refractivity contribution >= 4 is 23.6 Å². The van der Waals surface area contributed by atoms with Crippen LogP contribution in [0, 0.1) is 5.92 Å². The Bertz CT molecular complexity index is 231. The fraction of sp³-hybridized carbons (Fsp3) is 0.800. The van der Waals surface area contributed by atoms with Crippen LogP contribution in [0.5, 0.6) is 0 Å². The molecule has 0 fully saturated rings. The summed E-state index contributed by atoms with van der Waals surface area (Å²) < 4.78 is 0. The van der Waals surface area contributed by atoms with Crippen LogP contribution in [0.3, 0.4) is 0 Å². The van der Waals surface area contributed by atoms with E-state index in [0.717, 1.165) is 0 Å². The van der Waals surface area contributed by atoms with Crippen LogP contribution < -0.4 is 0 Å². The van der Waals surface area contributed by atoms with Crippen LogP contribution >= 0.6 is 11.8 Å². The Labute approximate surface area is 95.0 Å². The van der Waals surface area contributed by atoms with Crippen molar-refractivity contribution in [1.29, 1.82) is 0 Å². The zero-order valence-corrected chi connectivity index (χ0v) is 10.5. The number of hydrogen-bond donors (Lipinski definition) is 1. The molecule has 4 nitrogen and oxygen atoms in total. The summed E-state index contributed by atoms with van der Waals surface area (Å²) in [5, 5.41) is 9.10. The van der Waals surface area contributed by atoms with Crippen molar-refractivity contribution in [2.24, 2.45) is 5.92 Å². The minimum atomic E-state index is -0.869. The Morgan fingerprint density at radius 2 is 1.87 bits per heavy atom. The third-order valence-corrected chi connectivity index (χ3v) is 3.02. The lowest BCUT2D eigenvalue weighted by Gasteiger charge is -2.19. The predicted octanol–water partition coefficient (Wildman–Crippen LogP) is 1.31. The third kappa shape index (κ3) is 6.38. The monoisotopic (exact) mass is 233 g/mol. The molecule has 0 aliphatic heterocycles. The number of thioether (sulfide) groups is 1. The van der Waals surface area contributed by atoms with Gasteiger partial charge in [-0.05, 0) is 5.25 Å². The van der Waals surface area contributed by atoms with Gasteiger partial charge in [0, 0.05) is 13.6 Å². The summed E-state index contributed by atoms with van der Waals surface area (Å²) in [6, 6.07) is 0. The molecule has 88 valence electrons. The second kappa shape index (κ2) is 6.71. The number of hydrogen-bond acceptors (Lipinski definition) is 3. The highest BCUT2D eigenvalue weighted by molar-refractivity contribution is 8.00. The van der Waals surface area contributed by atoms with Gasteiger partial charge < -0.3 is 10.0 Å². The average Bonchev–Trinajstić information content (AvgIpc) is 2.13. The number of nitrogens with zero attached hydrogens (tertiary/aromatic N) is 1. The van der Waals surface area contributed by atoms with Crippen molar-refractivity contribution in [1.82, 2.24) is 4.90 Å². The van der Waals surface area contributed by atoms with Crippen molar-refractivity contribution in [2.75, 3.05) is 19.3 Å². The highest BCUT2D eigenvalue weighted by Gasteiger charge is 2.17. The molecule has 0 aromatic carbocycles. The van der Waals surface area contributed by atoms with Gasteiger partial charge in [-0.2, -0.15) is 0 Å². The Kier molecular flexibility index (Phi) is 6.40. The van der Waals surface area contributed by atoms with Gasteiger partial charge in [-0.15, -0.1) is 11.8 Å². The van der Waals surface area contributed by atoms with Gasteiger partial charge in [0.1, 0.15) is 0 Å². The fourth-order valence-corrected chi connectivity index (χ4v) is 1.64. The Morgan fingerprint density at radius 1 is 1.33 bits per heavy atom. The maximum Gasteiger partial charge on any atom is 0.308 e. The maximum absolute atomic E-state index is 11.5. The summed E-state index contributed by atoms with van der Waals surface area (Å²) >= 11 is 1.56. The molecular weight excluding hydrogens is 214 g/mol. The second-order valence-corrected chi connectivity index (χ2v) is 5.44. The topological polar surface area (TPSA) is 57.6 Å². The van der Waals surface area contributed by atoms with E-state index < -0.39 is 11.9 Å². The molecule has 0 rings (SSSR count). The normalized spacial score (nSPS) is 12.6. The minimum absolute atomic E-state index is 0.0122. The number of carbonyl (C=O) groups is 2. The second-order valence-electron chi connectivity index (χ2n) is 3.87. The molecule has 0 aromatic heterocycles. The zero-order chi connectivity index (χ0) is 12.0. The Hall–Kier alpha value is -0.710. The maximum atomic E-state index is 11.5. The molecule has 1 unspecified atom stereocenters. The molecule has 0 heterocycles. The van der Waals surface area contributed by atoms with Crippen LogP contribution in [-0.4, -0.2) is 46.5 Å². The van der Waals surface area contributed by atoms with Crippen LogP contribution in [0.4, 0.5) is 0 Å². The van der Waals surface area contributed by atoms with Crippen LogP contribution in [-0.2, 0) is 9.59 Å². The van der Waals surface area contributed by atoms with Gasteiger partial charge in [-0.25, -0.2) is 0 Å². The molecule has 0 aliphatic rings. The van der Waals surface area contributed by atoms with E-state index in [-0.39, 0.29) is 12.5 Å². The van der Waals surface area contributed by atoms with Gasteiger partial charge in [0.25, 0.3) is 0 Å². The summed E-state index contributed by atoms with van der Waals surface area (Å²) in [5.41, 5.74) is 0. The minimum Gasteiger partial charge on any atom is -0.481 e. The van der Waals surface area contributed by atoms with Crippen LogP contribution in [0.15, 0.2) is 0 Å². The molecule has 1 atom stereocenters. The van der Waals surface area contributed by atoms with Crippen LogP contribution in [0.1, 0.15) is 20.8 Å². The lowest BCUT2D eigenvalue weighted by atomic mass is 10.2. The zero-order valence-electron chi connectivity index (χ0n) is 9.69. The van der Waals surface area contributed by atoms with Gasteiger partial charge in [0.2, 0.25) is 5.91 Å². The number of aliphatic carboxylic acids is 1. The van der Waals surface area contributed by atoms with Gasteiger partial charge in [0.15, 0.2) is 0 Å². The summed E-state index contributed by atoms with van der Waals surface area (Å²) in [5.74, 6) is -0.975. The number of carbonyl (C=O) groups excluding carboxylic acids is 1. The molecular formula is C10H19NO3S. The van der Waals surface area contributed by atoms with E-state index in [0.29, 0.717) is 11.0 Å². The molecule has 0 saturated heterocycles. The highest BCUT2D eigenvalue weighted by Crippen LogP contribution is 2.10. The smallest absolute Gasteiger partial charge is 0.308 e. The number of amides is 1. The summed E-state index contributed by atoms with van der Waals surface area (Å²) in [7, 11) is 1.64. The van der Waals surface area contributed by atoms with E-state index >= 15 is 0 Å². The molecule has 0 bridgehead atoms. The van der Waals surface area contributed by atoms with Crippen molar-refractivity contribution in [2.45, 2.75) is 26.0 Å². The predicted molar refractivity (Wildman–Crippen MR) is 62.0 cm³/mol. The van der Waals surface area contributed by atoms with Crippen LogP contribution in [0.2, 0.25) is 0 Å². The first-order valence-electron chi connectivity index (χ1n) is 4.93. The lowest BCUT2D eigenvalue weighted by Crippen LogP contribution is -2.34. The van der Waals surface area contributed by atoms with Gasteiger partial charge >= 0.3 is 5.97 Å². The summed E-state index contributed by atoms with van der Waals surface area (Å²) in [4.78, 5) is 23.6. The average molecular weight is 233 g/mol. The summed E-state index contributed by atoms with van der Waals surface area (Å²) in [6.07, 6.45) is 0. The van der Waals surface area contributed by atoms with Crippen molar-refractivity contribution < 1.29 is 14.7 Å². The Morgan fingerprint density at radius 3 is 2.27 bits per heavy atom. The lowest BCUT2D eigenvalue weighted by molar-refractivity contribution is -0.142. The molecule has 0 saturated carbocycles.